The van der Waals surface area contributed by atoms with Gasteiger partial charge in [0.15, 0.2) is 6.10 Å². The molecule has 27 heavy (non-hydrogen) atoms. The summed E-state index contributed by atoms with van der Waals surface area (Å²) in [6.45, 7) is 3.90. The van der Waals surface area contributed by atoms with Crippen LogP contribution in [0.1, 0.15) is 25.3 Å². The van der Waals surface area contributed by atoms with Gasteiger partial charge in [0.1, 0.15) is 5.75 Å². The van der Waals surface area contributed by atoms with Crippen molar-refractivity contribution < 1.29 is 14.1 Å². The number of halogens is 1. The van der Waals surface area contributed by atoms with Gasteiger partial charge < -0.3 is 14.6 Å². The van der Waals surface area contributed by atoms with E-state index in [2.05, 4.69) is 31.4 Å². The molecule has 1 N–H and O–H groups in total. The zero-order valence-electron chi connectivity index (χ0n) is 15.1. The standard InChI is InChI=1S/C20H20BrN3O3/c1-3-14-7-4-5-10-17(14)26-13(2)20(25)22-12-18-23-19(24-27-18)15-8-6-9-16(21)11-15/h4-11,13H,3,12H2,1-2H3,(H,22,25). The summed E-state index contributed by atoms with van der Waals surface area (Å²) in [5.41, 5.74) is 1.89. The number of amides is 1. The van der Waals surface area contributed by atoms with Crippen molar-refractivity contribution >= 4 is 21.8 Å². The third-order valence-electron chi connectivity index (χ3n) is 3.99. The molecule has 0 radical (unpaired) electrons. The molecule has 0 bridgehead atoms. The van der Waals surface area contributed by atoms with Crippen molar-refractivity contribution in [1.82, 2.24) is 15.5 Å². The summed E-state index contributed by atoms with van der Waals surface area (Å²) in [4.78, 5) is 16.6. The Balaban J connectivity index is 1.57. The van der Waals surface area contributed by atoms with E-state index in [-0.39, 0.29) is 12.5 Å². The number of para-hydroxylation sites is 1. The molecule has 0 spiro atoms. The normalized spacial score (nSPS) is 11.8. The Bertz CT molecular complexity index is 926. The van der Waals surface area contributed by atoms with Crippen LogP contribution in [0.25, 0.3) is 11.4 Å². The van der Waals surface area contributed by atoms with Crippen LogP contribution in [-0.2, 0) is 17.8 Å². The van der Waals surface area contributed by atoms with E-state index in [1.165, 1.54) is 0 Å². The van der Waals surface area contributed by atoms with Crippen LogP contribution in [-0.4, -0.2) is 22.2 Å². The smallest absolute Gasteiger partial charge is 0.261 e. The fourth-order valence-corrected chi connectivity index (χ4v) is 2.93. The van der Waals surface area contributed by atoms with E-state index in [0.717, 1.165) is 27.8 Å². The first-order chi connectivity index (χ1) is 13.1. The van der Waals surface area contributed by atoms with E-state index < -0.39 is 6.10 Å². The molecule has 140 valence electrons. The number of nitrogens with zero attached hydrogens (tertiary/aromatic N) is 2. The fourth-order valence-electron chi connectivity index (χ4n) is 2.53. The van der Waals surface area contributed by atoms with Crippen molar-refractivity contribution in [2.45, 2.75) is 32.9 Å². The molecule has 2 aromatic carbocycles. The van der Waals surface area contributed by atoms with Gasteiger partial charge in [-0.15, -0.1) is 0 Å². The summed E-state index contributed by atoms with van der Waals surface area (Å²) in [6, 6.07) is 15.3. The van der Waals surface area contributed by atoms with E-state index in [9.17, 15) is 4.79 Å². The Labute approximate surface area is 166 Å². The van der Waals surface area contributed by atoms with Crippen LogP contribution < -0.4 is 10.1 Å². The van der Waals surface area contributed by atoms with Crippen molar-refractivity contribution in [3.8, 4) is 17.1 Å². The molecule has 1 amide bonds. The quantitative estimate of drug-likeness (QED) is 0.610. The number of benzene rings is 2. The van der Waals surface area contributed by atoms with E-state index in [1.807, 2.05) is 55.5 Å². The molecular formula is C20H20BrN3O3. The molecule has 7 heteroatoms. The minimum Gasteiger partial charge on any atom is -0.481 e. The van der Waals surface area contributed by atoms with Gasteiger partial charge in [0.25, 0.3) is 5.91 Å². The lowest BCUT2D eigenvalue weighted by Gasteiger charge is -2.16. The van der Waals surface area contributed by atoms with Crippen LogP contribution in [0.3, 0.4) is 0 Å². The maximum Gasteiger partial charge on any atom is 0.261 e. The molecular weight excluding hydrogens is 410 g/mol. The van der Waals surface area contributed by atoms with Gasteiger partial charge in [0.05, 0.1) is 6.54 Å². The number of carbonyl (C=O) groups is 1. The number of hydrogen-bond donors (Lipinski definition) is 1. The molecule has 1 atom stereocenters. The molecule has 6 nitrogen and oxygen atoms in total. The van der Waals surface area contributed by atoms with Gasteiger partial charge in [-0.05, 0) is 37.1 Å². The number of aryl methyl sites for hydroxylation is 1. The highest BCUT2D eigenvalue weighted by Gasteiger charge is 2.17. The lowest BCUT2D eigenvalue weighted by atomic mass is 10.1. The fraction of sp³-hybridized carbons (Fsp3) is 0.250. The highest BCUT2D eigenvalue weighted by Crippen LogP contribution is 2.21. The topological polar surface area (TPSA) is 77.2 Å². The van der Waals surface area contributed by atoms with Crippen LogP contribution in [0.5, 0.6) is 5.75 Å². The van der Waals surface area contributed by atoms with Gasteiger partial charge in [-0.2, -0.15) is 4.98 Å². The molecule has 3 aromatic rings. The number of rotatable bonds is 7. The number of ether oxygens (including phenoxy) is 1. The van der Waals surface area contributed by atoms with Crippen molar-refractivity contribution in [3.63, 3.8) is 0 Å². The van der Waals surface area contributed by atoms with Crippen LogP contribution in [0.4, 0.5) is 0 Å². The number of nitrogens with one attached hydrogen (secondary N) is 1. The number of carbonyl (C=O) groups excluding carboxylic acids is 1. The Kier molecular flexibility index (Phi) is 6.24. The van der Waals surface area contributed by atoms with Crippen molar-refractivity contribution in [3.05, 3.63) is 64.5 Å². The molecule has 0 saturated heterocycles. The number of hydrogen-bond acceptors (Lipinski definition) is 5. The Hall–Kier alpha value is -2.67. The molecule has 3 rings (SSSR count). The summed E-state index contributed by atoms with van der Waals surface area (Å²) >= 11 is 3.41. The maximum absolute atomic E-state index is 12.3. The molecule has 0 aliphatic carbocycles. The van der Waals surface area contributed by atoms with Gasteiger partial charge in [-0.1, -0.05) is 58.3 Å². The highest BCUT2D eigenvalue weighted by atomic mass is 79.9. The highest BCUT2D eigenvalue weighted by molar-refractivity contribution is 9.10. The van der Waals surface area contributed by atoms with Gasteiger partial charge in [0.2, 0.25) is 11.7 Å². The zero-order valence-corrected chi connectivity index (χ0v) is 16.7. The van der Waals surface area contributed by atoms with Gasteiger partial charge in [0, 0.05) is 10.0 Å². The summed E-state index contributed by atoms with van der Waals surface area (Å²) in [5, 5.41) is 6.71. The van der Waals surface area contributed by atoms with Crippen LogP contribution in [0, 0.1) is 0 Å². The van der Waals surface area contributed by atoms with Crippen LogP contribution in [0.15, 0.2) is 57.5 Å². The third kappa shape index (κ3) is 4.95. The summed E-state index contributed by atoms with van der Waals surface area (Å²) in [5.74, 6) is 1.28. The first-order valence-electron chi connectivity index (χ1n) is 8.67. The zero-order chi connectivity index (χ0) is 19.2. The predicted molar refractivity (Wildman–Crippen MR) is 105 cm³/mol. The summed E-state index contributed by atoms with van der Waals surface area (Å²) in [7, 11) is 0. The second-order valence-electron chi connectivity index (χ2n) is 5.96. The maximum atomic E-state index is 12.3. The second-order valence-corrected chi connectivity index (χ2v) is 6.88. The largest absolute Gasteiger partial charge is 0.481 e. The summed E-state index contributed by atoms with van der Waals surface area (Å²) in [6.07, 6.45) is 0.204. The minimum absolute atomic E-state index is 0.142. The lowest BCUT2D eigenvalue weighted by molar-refractivity contribution is -0.127. The van der Waals surface area contributed by atoms with E-state index >= 15 is 0 Å². The molecule has 1 unspecified atom stereocenters. The van der Waals surface area contributed by atoms with Crippen LogP contribution >= 0.6 is 15.9 Å². The SMILES string of the molecule is CCc1ccccc1OC(C)C(=O)NCc1nc(-c2cccc(Br)c2)no1. The van der Waals surface area contributed by atoms with Crippen molar-refractivity contribution in [2.24, 2.45) is 0 Å². The Morgan fingerprint density at radius 3 is 2.85 bits per heavy atom. The van der Waals surface area contributed by atoms with Crippen molar-refractivity contribution in [1.29, 1.82) is 0 Å². The molecule has 0 aliphatic rings. The molecule has 1 aromatic heterocycles. The average Bonchev–Trinajstić information content (AvgIpc) is 3.15. The van der Waals surface area contributed by atoms with Gasteiger partial charge >= 0.3 is 0 Å². The first kappa shape index (κ1) is 19.1. The van der Waals surface area contributed by atoms with E-state index in [0.29, 0.717) is 11.7 Å². The predicted octanol–water partition coefficient (Wildman–Crippen LogP) is 4.15. The average molecular weight is 430 g/mol. The number of aromatic nitrogens is 2. The Morgan fingerprint density at radius 2 is 2.07 bits per heavy atom. The molecule has 1 heterocycles. The molecule has 0 aliphatic heterocycles. The van der Waals surface area contributed by atoms with E-state index in [1.54, 1.807) is 6.92 Å². The monoisotopic (exact) mass is 429 g/mol. The Morgan fingerprint density at radius 1 is 1.26 bits per heavy atom. The van der Waals surface area contributed by atoms with Gasteiger partial charge in [-0.3, -0.25) is 4.79 Å². The van der Waals surface area contributed by atoms with E-state index in [4.69, 9.17) is 9.26 Å². The first-order valence-corrected chi connectivity index (χ1v) is 9.47. The molecule has 0 fully saturated rings. The van der Waals surface area contributed by atoms with Crippen molar-refractivity contribution in [2.75, 3.05) is 0 Å². The molecule has 0 saturated carbocycles. The minimum atomic E-state index is -0.634. The summed E-state index contributed by atoms with van der Waals surface area (Å²) < 4.78 is 11.9. The third-order valence-corrected chi connectivity index (χ3v) is 4.48. The van der Waals surface area contributed by atoms with Crippen LogP contribution in [0.2, 0.25) is 0 Å². The lowest BCUT2D eigenvalue weighted by Crippen LogP contribution is -2.36. The second kappa shape index (κ2) is 8.81. The van der Waals surface area contributed by atoms with Gasteiger partial charge in [-0.25, -0.2) is 0 Å².